The maximum absolute atomic E-state index is 13.3. The second-order valence-corrected chi connectivity index (χ2v) is 26.4. The van der Waals surface area contributed by atoms with Gasteiger partial charge in [0.25, 0.3) is 0 Å². The standard InChI is InChI=1S/C74H139NO13/c1-3-5-7-9-11-13-15-17-19-21-23-25-27-29-31-33-35-37-39-41-43-45-47-49-51-53-55-57-63(78)62(61-85-73-71(84)69(82)72(65(60-77)87-73)88-74-70(83)68(81)67(80)64(59-76)86-74)75-66(79)58-56-54-52-50-48-46-44-42-40-38-36-34-32-30-28-26-24-22-20-18-16-14-12-10-8-6-4-2/h39,41,47,49,55,57,62-65,67-74,76-78,80-84H,3-38,40,42-46,48,50-54,56,58-61H2,1-2H3,(H,75,79)/b41-39+,49-47+,57-55+. The summed E-state index contributed by atoms with van der Waals surface area (Å²) >= 11 is 0. The Morgan fingerprint density at radius 2 is 0.727 bits per heavy atom. The molecular formula is C74H139NO13. The highest BCUT2D eigenvalue weighted by molar-refractivity contribution is 5.76. The van der Waals surface area contributed by atoms with Gasteiger partial charge >= 0.3 is 0 Å². The number of unbranched alkanes of at least 4 members (excludes halogenated alkanes) is 45. The molecule has 9 N–H and O–H groups in total. The van der Waals surface area contributed by atoms with Crippen LogP contribution in [0.15, 0.2) is 36.5 Å². The molecule has 14 nitrogen and oxygen atoms in total. The largest absolute Gasteiger partial charge is 0.394 e. The van der Waals surface area contributed by atoms with E-state index in [9.17, 15) is 45.6 Å². The van der Waals surface area contributed by atoms with E-state index in [2.05, 4.69) is 43.5 Å². The highest BCUT2D eigenvalue weighted by atomic mass is 16.7. The molecule has 2 saturated heterocycles. The van der Waals surface area contributed by atoms with Gasteiger partial charge in [0, 0.05) is 6.42 Å². The van der Waals surface area contributed by atoms with E-state index in [1.54, 1.807) is 6.08 Å². The van der Waals surface area contributed by atoms with Crippen molar-refractivity contribution in [3.63, 3.8) is 0 Å². The lowest BCUT2D eigenvalue weighted by molar-refractivity contribution is -0.359. The minimum Gasteiger partial charge on any atom is -0.394 e. The Morgan fingerprint density at radius 1 is 0.398 bits per heavy atom. The second-order valence-electron chi connectivity index (χ2n) is 26.4. The van der Waals surface area contributed by atoms with Crippen LogP contribution in [0.1, 0.15) is 335 Å². The fourth-order valence-corrected chi connectivity index (χ4v) is 12.4. The summed E-state index contributed by atoms with van der Waals surface area (Å²) in [6.45, 7) is 2.83. The SMILES string of the molecule is CCCCCCCCCCCCCCCCCCC/C=C/CC/C=C/CC/C=C/C(O)C(COC1OC(CO)C(OC2OC(CO)C(O)C(O)C2O)C(O)C1O)NC(=O)CCCCCCCCCCCCCCCCCCCCCCCCCCCCC. The predicted molar refractivity (Wildman–Crippen MR) is 360 cm³/mol. The zero-order chi connectivity index (χ0) is 63.8. The molecular weight excluding hydrogens is 1110 g/mol. The van der Waals surface area contributed by atoms with Crippen molar-refractivity contribution in [2.45, 2.75) is 408 Å². The number of hydrogen-bond acceptors (Lipinski definition) is 13. The molecule has 0 saturated carbocycles. The van der Waals surface area contributed by atoms with Crippen molar-refractivity contribution in [1.29, 1.82) is 0 Å². The van der Waals surface area contributed by atoms with E-state index < -0.39 is 86.8 Å². The maximum Gasteiger partial charge on any atom is 0.220 e. The molecule has 0 radical (unpaired) electrons. The molecule has 2 aliphatic heterocycles. The highest BCUT2D eigenvalue weighted by Gasteiger charge is 2.51. The number of carbonyl (C=O) groups is 1. The average Bonchev–Trinajstić information content (AvgIpc) is 1.36. The van der Waals surface area contributed by atoms with Crippen LogP contribution in [0, 0.1) is 0 Å². The molecule has 0 bridgehead atoms. The van der Waals surface area contributed by atoms with Gasteiger partial charge in [-0.05, 0) is 44.9 Å². The van der Waals surface area contributed by atoms with Gasteiger partial charge in [-0.2, -0.15) is 0 Å². The van der Waals surface area contributed by atoms with Crippen LogP contribution in [0.25, 0.3) is 0 Å². The summed E-state index contributed by atoms with van der Waals surface area (Å²) in [6.07, 6.45) is 59.3. The summed E-state index contributed by atoms with van der Waals surface area (Å²) in [6, 6.07) is -0.937. The number of hydrogen-bond donors (Lipinski definition) is 9. The molecule has 12 unspecified atom stereocenters. The van der Waals surface area contributed by atoms with Gasteiger partial charge in [-0.15, -0.1) is 0 Å². The second kappa shape index (κ2) is 59.0. The molecule has 0 aromatic rings. The summed E-state index contributed by atoms with van der Waals surface area (Å²) < 4.78 is 22.9. The summed E-state index contributed by atoms with van der Waals surface area (Å²) in [4.78, 5) is 13.3. The number of ether oxygens (including phenoxy) is 4. The summed E-state index contributed by atoms with van der Waals surface area (Å²) in [5.41, 5.74) is 0. The van der Waals surface area contributed by atoms with Crippen molar-refractivity contribution < 1.29 is 64.6 Å². The fourth-order valence-electron chi connectivity index (χ4n) is 12.4. The Morgan fingerprint density at radius 3 is 1.11 bits per heavy atom. The minimum absolute atomic E-state index is 0.246. The summed E-state index contributed by atoms with van der Waals surface area (Å²) in [7, 11) is 0. The van der Waals surface area contributed by atoms with Gasteiger partial charge in [-0.3, -0.25) is 4.79 Å². The van der Waals surface area contributed by atoms with E-state index in [-0.39, 0.29) is 18.9 Å². The third-order valence-electron chi connectivity index (χ3n) is 18.3. The van der Waals surface area contributed by atoms with Gasteiger partial charge < -0.3 is 65.1 Å². The molecule has 12 atom stereocenters. The van der Waals surface area contributed by atoms with Gasteiger partial charge in [-0.1, -0.05) is 320 Å². The van der Waals surface area contributed by atoms with Crippen LogP contribution in [-0.4, -0.2) is 140 Å². The van der Waals surface area contributed by atoms with E-state index in [1.165, 1.54) is 257 Å². The van der Waals surface area contributed by atoms with E-state index >= 15 is 0 Å². The zero-order valence-electron chi connectivity index (χ0n) is 56.5. The first-order valence-electron chi connectivity index (χ1n) is 37.2. The summed E-state index contributed by atoms with van der Waals surface area (Å²) in [5.74, 6) is -0.246. The molecule has 0 aliphatic carbocycles. The van der Waals surface area contributed by atoms with E-state index in [0.717, 1.165) is 44.9 Å². The Labute approximate surface area is 538 Å². The molecule has 0 spiro atoms. The first-order valence-corrected chi connectivity index (χ1v) is 37.2. The Kier molecular flexibility index (Phi) is 55.2. The van der Waals surface area contributed by atoms with Crippen molar-refractivity contribution in [3.05, 3.63) is 36.5 Å². The van der Waals surface area contributed by atoms with Crippen molar-refractivity contribution in [1.82, 2.24) is 5.32 Å². The van der Waals surface area contributed by atoms with Gasteiger partial charge in [0.15, 0.2) is 12.6 Å². The lowest BCUT2D eigenvalue weighted by atomic mass is 9.97. The molecule has 88 heavy (non-hydrogen) atoms. The van der Waals surface area contributed by atoms with Crippen LogP contribution in [0.3, 0.4) is 0 Å². The third kappa shape index (κ3) is 42.4. The van der Waals surface area contributed by atoms with Crippen LogP contribution in [0.2, 0.25) is 0 Å². The lowest BCUT2D eigenvalue weighted by Crippen LogP contribution is -2.65. The smallest absolute Gasteiger partial charge is 0.220 e. The molecule has 2 aliphatic rings. The number of aliphatic hydroxyl groups is 8. The normalized spacial score (nSPS) is 23.3. The molecule has 0 aromatic heterocycles. The molecule has 0 aromatic carbocycles. The van der Waals surface area contributed by atoms with Gasteiger partial charge in [0.2, 0.25) is 5.91 Å². The zero-order valence-corrected chi connectivity index (χ0v) is 56.5. The van der Waals surface area contributed by atoms with E-state index in [1.807, 2.05) is 6.08 Å². The summed E-state index contributed by atoms with van der Waals surface area (Å²) in [5, 5.41) is 87.5. The van der Waals surface area contributed by atoms with Crippen molar-refractivity contribution in [2.75, 3.05) is 19.8 Å². The van der Waals surface area contributed by atoms with Crippen LogP contribution in [-0.2, 0) is 23.7 Å². The van der Waals surface area contributed by atoms with E-state index in [0.29, 0.717) is 12.8 Å². The monoisotopic (exact) mass is 1250 g/mol. The molecule has 2 rings (SSSR count). The number of carbonyl (C=O) groups excluding carboxylic acids is 1. The average molecular weight is 1250 g/mol. The third-order valence-corrected chi connectivity index (χ3v) is 18.3. The van der Waals surface area contributed by atoms with Crippen molar-refractivity contribution in [2.24, 2.45) is 0 Å². The number of rotatable bonds is 62. The van der Waals surface area contributed by atoms with Crippen molar-refractivity contribution in [3.8, 4) is 0 Å². The molecule has 1 amide bonds. The number of allylic oxidation sites excluding steroid dienone is 5. The van der Waals surface area contributed by atoms with E-state index in [4.69, 9.17) is 18.9 Å². The Hall–Kier alpha value is -1.79. The molecule has 2 fully saturated rings. The predicted octanol–water partition coefficient (Wildman–Crippen LogP) is 15.7. The minimum atomic E-state index is -1.79. The molecule has 2 heterocycles. The number of amides is 1. The molecule has 518 valence electrons. The molecule has 14 heteroatoms. The Bertz CT molecular complexity index is 1620. The van der Waals surface area contributed by atoms with Gasteiger partial charge in [-0.25, -0.2) is 0 Å². The number of nitrogens with one attached hydrogen (secondary N) is 1. The van der Waals surface area contributed by atoms with Crippen LogP contribution >= 0.6 is 0 Å². The first kappa shape index (κ1) is 82.3. The van der Waals surface area contributed by atoms with Crippen molar-refractivity contribution >= 4 is 5.91 Å². The van der Waals surface area contributed by atoms with Crippen LogP contribution < -0.4 is 5.32 Å². The first-order chi connectivity index (χ1) is 43.1. The topological polar surface area (TPSA) is 228 Å². The van der Waals surface area contributed by atoms with Gasteiger partial charge in [0.05, 0.1) is 32.0 Å². The maximum atomic E-state index is 13.3. The quantitative estimate of drug-likeness (QED) is 0.0204. The fraction of sp³-hybridized carbons (Fsp3) is 0.905. The van der Waals surface area contributed by atoms with Crippen LogP contribution in [0.5, 0.6) is 0 Å². The van der Waals surface area contributed by atoms with Crippen LogP contribution in [0.4, 0.5) is 0 Å². The number of aliphatic hydroxyl groups excluding tert-OH is 8. The Balaban J connectivity index is 1.68. The lowest BCUT2D eigenvalue weighted by Gasteiger charge is -2.46. The highest BCUT2D eigenvalue weighted by Crippen LogP contribution is 2.30. The van der Waals surface area contributed by atoms with Gasteiger partial charge in [0.1, 0.15) is 48.8 Å².